The van der Waals surface area contributed by atoms with Crippen molar-refractivity contribution in [3.63, 3.8) is 0 Å². The molecule has 0 saturated carbocycles. The van der Waals surface area contributed by atoms with Gasteiger partial charge in [-0.2, -0.15) is 0 Å². The topological polar surface area (TPSA) is 79.4 Å². The predicted octanol–water partition coefficient (Wildman–Crippen LogP) is 3.18. The highest BCUT2D eigenvalue weighted by Gasteiger charge is 2.16. The third kappa shape index (κ3) is 4.89. The molecule has 0 radical (unpaired) electrons. The van der Waals surface area contributed by atoms with E-state index in [1.807, 2.05) is 48.7 Å². The van der Waals surface area contributed by atoms with E-state index in [0.29, 0.717) is 25.5 Å². The highest BCUT2D eigenvalue weighted by Crippen LogP contribution is 2.26. The lowest BCUT2D eigenvalue weighted by atomic mass is 10.2. The number of amides is 1. The lowest BCUT2D eigenvalue weighted by molar-refractivity contribution is 0.102. The second-order valence-electron chi connectivity index (χ2n) is 6.72. The molecule has 0 spiro atoms. The molecular weight excluding hydrogens is 366 g/mol. The highest BCUT2D eigenvalue weighted by atomic mass is 16.5. The summed E-state index contributed by atoms with van der Waals surface area (Å²) in [4.78, 5) is 23.3. The number of nitrogens with one attached hydrogen (secondary N) is 2. The molecule has 0 aliphatic carbocycles. The monoisotopic (exact) mass is 389 g/mol. The Morgan fingerprint density at radius 2 is 1.90 bits per heavy atom. The summed E-state index contributed by atoms with van der Waals surface area (Å²) in [5.74, 6) is -0.232. The lowest BCUT2D eigenvalue weighted by Gasteiger charge is -2.30. The molecule has 7 heteroatoms. The molecule has 1 amide bonds. The largest absolute Gasteiger partial charge is 0.380 e. The van der Waals surface area contributed by atoms with Crippen LogP contribution in [0.15, 0.2) is 67.1 Å². The van der Waals surface area contributed by atoms with Gasteiger partial charge in [0.2, 0.25) is 0 Å². The van der Waals surface area contributed by atoms with Crippen LogP contribution in [-0.2, 0) is 11.3 Å². The summed E-state index contributed by atoms with van der Waals surface area (Å²) in [6.07, 6.45) is 5.23. The molecule has 7 nitrogen and oxygen atoms in total. The van der Waals surface area contributed by atoms with Crippen LogP contribution in [0, 0.1) is 0 Å². The first-order chi connectivity index (χ1) is 14.3. The number of morpholine rings is 1. The number of aromatic nitrogens is 2. The normalized spacial score (nSPS) is 13.7. The molecule has 1 aromatic carbocycles. The first-order valence-electron chi connectivity index (χ1n) is 9.61. The minimum absolute atomic E-state index is 0.232. The number of rotatable bonds is 6. The standard InChI is InChI=1S/C22H23N5O2/c28-22(26-19-5-1-2-6-21(19)27-10-12-29-13-11-27)20-8-7-18(16-25-20)24-15-17-4-3-9-23-14-17/h1-9,14,16,24H,10-13,15H2,(H,26,28). The second-order valence-corrected chi connectivity index (χ2v) is 6.72. The van der Waals surface area contributed by atoms with Crippen LogP contribution in [0.4, 0.5) is 17.1 Å². The van der Waals surface area contributed by atoms with Crippen molar-refractivity contribution in [1.29, 1.82) is 0 Å². The van der Waals surface area contributed by atoms with E-state index in [1.54, 1.807) is 18.5 Å². The third-order valence-electron chi connectivity index (χ3n) is 4.72. The van der Waals surface area contributed by atoms with E-state index >= 15 is 0 Å². The summed E-state index contributed by atoms with van der Waals surface area (Å²) >= 11 is 0. The van der Waals surface area contributed by atoms with Crippen molar-refractivity contribution >= 4 is 23.0 Å². The maximum absolute atomic E-state index is 12.7. The Balaban J connectivity index is 1.40. The van der Waals surface area contributed by atoms with E-state index in [-0.39, 0.29) is 5.91 Å². The molecule has 2 aromatic heterocycles. The summed E-state index contributed by atoms with van der Waals surface area (Å²) in [6.45, 7) is 3.65. The van der Waals surface area contributed by atoms with E-state index in [4.69, 9.17) is 4.74 Å². The van der Waals surface area contributed by atoms with Crippen LogP contribution < -0.4 is 15.5 Å². The summed E-state index contributed by atoms with van der Waals surface area (Å²) in [5.41, 5.74) is 4.07. The molecule has 1 aliphatic heterocycles. The Hall–Kier alpha value is -3.45. The number of carbonyl (C=O) groups excluding carboxylic acids is 1. The first-order valence-corrected chi connectivity index (χ1v) is 9.61. The van der Waals surface area contributed by atoms with Crippen LogP contribution in [0.3, 0.4) is 0 Å². The van der Waals surface area contributed by atoms with Crippen LogP contribution in [0.25, 0.3) is 0 Å². The molecule has 1 aliphatic rings. The summed E-state index contributed by atoms with van der Waals surface area (Å²) in [7, 11) is 0. The average Bonchev–Trinajstić information content (AvgIpc) is 2.80. The van der Waals surface area contributed by atoms with Gasteiger partial charge in [-0.1, -0.05) is 18.2 Å². The van der Waals surface area contributed by atoms with Crippen LogP contribution in [0.1, 0.15) is 16.1 Å². The molecule has 0 bridgehead atoms. The number of hydrogen-bond acceptors (Lipinski definition) is 6. The zero-order valence-electron chi connectivity index (χ0n) is 16.0. The summed E-state index contributed by atoms with van der Waals surface area (Å²) < 4.78 is 5.42. The number of ether oxygens (including phenoxy) is 1. The van der Waals surface area contributed by atoms with Gasteiger partial charge in [-0.25, -0.2) is 4.98 Å². The molecule has 3 heterocycles. The average molecular weight is 389 g/mol. The van der Waals surface area contributed by atoms with Gasteiger partial charge in [0.25, 0.3) is 5.91 Å². The van der Waals surface area contributed by atoms with Crippen molar-refractivity contribution in [2.24, 2.45) is 0 Å². The summed E-state index contributed by atoms with van der Waals surface area (Å²) in [5, 5.41) is 6.27. The van der Waals surface area contributed by atoms with Gasteiger partial charge >= 0.3 is 0 Å². The molecule has 1 saturated heterocycles. The van der Waals surface area contributed by atoms with E-state index in [0.717, 1.165) is 35.7 Å². The van der Waals surface area contributed by atoms with E-state index in [2.05, 4.69) is 25.5 Å². The quantitative estimate of drug-likeness (QED) is 0.674. The molecule has 3 aromatic rings. The van der Waals surface area contributed by atoms with Crippen LogP contribution in [-0.4, -0.2) is 42.2 Å². The van der Waals surface area contributed by atoms with E-state index in [1.165, 1.54) is 0 Å². The zero-order valence-corrected chi connectivity index (χ0v) is 16.0. The van der Waals surface area contributed by atoms with Crippen LogP contribution in [0.5, 0.6) is 0 Å². The maximum atomic E-state index is 12.7. The number of benzene rings is 1. The highest BCUT2D eigenvalue weighted by molar-refractivity contribution is 6.04. The van der Waals surface area contributed by atoms with Crippen LogP contribution >= 0.6 is 0 Å². The first kappa shape index (κ1) is 18.9. The van der Waals surface area contributed by atoms with Gasteiger partial charge in [0, 0.05) is 32.0 Å². The smallest absolute Gasteiger partial charge is 0.274 e. The second kappa shape index (κ2) is 9.16. The van der Waals surface area contributed by atoms with Crippen molar-refractivity contribution in [3.05, 3.63) is 78.4 Å². The maximum Gasteiger partial charge on any atom is 0.274 e. The fourth-order valence-corrected chi connectivity index (χ4v) is 3.19. The molecule has 1 fully saturated rings. The molecule has 0 atom stereocenters. The van der Waals surface area contributed by atoms with Crippen molar-refractivity contribution in [1.82, 2.24) is 9.97 Å². The van der Waals surface area contributed by atoms with Crippen molar-refractivity contribution in [3.8, 4) is 0 Å². The van der Waals surface area contributed by atoms with Gasteiger partial charge in [-0.3, -0.25) is 9.78 Å². The predicted molar refractivity (Wildman–Crippen MR) is 113 cm³/mol. The molecule has 4 rings (SSSR count). The van der Waals surface area contributed by atoms with Gasteiger partial charge in [-0.15, -0.1) is 0 Å². The minimum Gasteiger partial charge on any atom is -0.380 e. The number of para-hydroxylation sites is 2. The number of nitrogens with zero attached hydrogens (tertiary/aromatic N) is 3. The molecule has 0 unspecified atom stereocenters. The SMILES string of the molecule is O=C(Nc1ccccc1N1CCOCC1)c1ccc(NCc2cccnc2)cn1. The van der Waals surface area contributed by atoms with E-state index < -0.39 is 0 Å². The van der Waals surface area contributed by atoms with Gasteiger partial charge < -0.3 is 20.3 Å². The van der Waals surface area contributed by atoms with Gasteiger partial charge in [0.1, 0.15) is 5.69 Å². The Bertz CT molecular complexity index is 941. The van der Waals surface area contributed by atoms with Crippen LogP contribution in [0.2, 0.25) is 0 Å². The van der Waals surface area contributed by atoms with Crippen molar-refractivity contribution in [2.75, 3.05) is 41.8 Å². The van der Waals surface area contributed by atoms with E-state index in [9.17, 15) is 4.79 Å². The van der Waals surface area contributed by atoms with Gasteiger partial charge in [-0.05, 0) is 35.9 Å². The molecule has 29 heavy (non-hydrogen) atoms. The number of pyridine rings is 2. The Kier molecular flexibility index (Phi) is 5.97. The van der Waals surface area contributed by atoms with Crippen molar-refractivity contribution < 1.29 is 9.53 Å². The number of anilines is 3. The fourth-order valence-electron chi connectivity index (χ4n) is 3.19. The van der Waals surface area contributed by atoms with Gasteiger partial charge in [0.15, 0.2) is 0 Å². The third-order valence-corrected chi connectivity index (χ3v) is 4.72. The lowest BCUT2D eigenvalue weighted by Crippen LogP contribution is -2.36. The van der Waals surface area contributed by atoms with Gasteiger partial charge in [0.05, 0.1) is 36.5 Å². The minimum atomic E-state index is -0.232. The Morgan fingerprint density at radius 3 is 2.66 bits per heavy atom. The number of hydrogen-bond donors (Lipinski definition) is 2. The summed E-state index contributed by atoms with van der Waals surface area (Å²) in [6, 6.07) is 15.3. The Labute approximate surface area is 169 Å². The molecule has 2 N–H and O–H groups in total. The fraction of sp³-hybridized carbons (Fsp3) is 0.227. The Morgan fingerprint density at radius 1 is 1.03 bits per heavy atom. The zero-order chi connectivity index (χ0) is 19.9. The molecular formula is C22H23N5O2. The molecule has 148 valence electrons. The van der Waals surface area contributed by atoms with Crippen molar-refractivity contribution in [2.45, 2.75) is 6.54 Å². The number of carbonyl (C=O) groups is 1.